The molecular weight excluding hydrogens is 122 g/mol. The third-order valence-corrected chi connectivity index (χ3v) is 2.56. The lowest BCUT2D eigenvalue weighted by atomic mass is 9.80. The Kier molecular flexibility index (Phi) is 2.91. The molecule has 0 saturated heterocycles. The first-order valence-electron chi connectivity index (χ1n) is 4.32. The normalized spacial score (nSPS) is 21.7. The van der Waals surface area contributed by atoms with Gasteiger partial charge >= 0.3 is 0 Å². The second kappa shape index (κ2) is 3.75. The number of hydrogen-bond acceptors (Lipinski definition) is 1. The van der Waals surface area contributed by atoms with Crippen LogP contribution in [0.5, 0.6) is 0 Å². The van der Waals surface area contributed by atoms with Crippen molar-refractivity contribution in [1.82, 2.24) is 0 Å². The molecule has 1 saturated carbocycles. The van der Waals surface area contributed by atoms with E-state index in [4.69, 9.17) is 0 Å². The highest BCUT2D eigenvalue weighted by atomic mass is 14.7. The molecule has 0 bridgehead atoms. The molecule has 1 fully saturated rings. The van der Waals surface area contributed by atoms with Crippen LogP contribution in [-0.2, 0) is 0 Å². The predicted molar refractivity (Wildman–Crippen MR) is 45.6 cm³/mol. The molecule has 0 radical (unpaired) electrons. The molecule has 0 amide bonds. The van der Waals surface area contributed by atoms with E-state index in [-0.39, 0.29) is 0 Å². The Morgan fingerprint density at radius 3 is 2.60 bits per heavy atom. The van der Waals surface area contributed by atoms with Crippen LogP contribution in [0.2, 0.25) is 0 Å². The predicted octanol–water partition coefficient (Wildman–Crippen LogP) is 2.66. The van der Waals surface area contributed by atoms with Crippen LogP contribution in [0.1, 0.15) is 39.0 Å². The average molecular weight is 139 g/mol. The fourth-order valence-electron chi connectivity index (χ4n) is 1.48. The Labute approximate surface area is 63.5 Å². The highest BCUT2D eigenvalue weighted by Crippen LogP contribution is 2.31. The van der Waals surface area contributed by atoms with Gasteiger partial charge in [0.25, 0.3) is 0 Å². The zero-order valence-electron chi connectivity index (χ0n) is 6.84. The van der Waals surface area contributed by atoms with Gasteiger partial charge in [0.1, 0.15) is 0 Å². The molecule has 0 aromatic rings. The number of aliphatic imine (C=N–C) groups is 1. The van der Waals surface area contributed by atoms with E-state index in [1.165, 1.54) is 32.1 Å². The van der Waals surface area contributed by atoms with E-state index in [0.29, 0.717) is 6.04 Å². The summed E-state index contributed by atoms with van der Waals surface area (Å²) < 4.78 is 0. The van der Waals surface area contributed by atoms with Gasteiger partial charge in [-0.15, -0.1) is 0 Å². The molecule has 0 aromatic carbocycles. The summed E-state index contributed by atoms with van der Waals surface area (Å²) in [5.74, 6) is 0.982. The van der Waals surface area contributed by atoms with Crippen LogP contribution in [-0.4, -0.2) is 12.8 Å². The largest absolute Gasteiger partial charge is 0.298 e. The molecule has 1 heteroatoms. The molecule has 1 aliphatic rings. The van der Waals surface area contributed by atoms with E-state index in [9.17, 15) is 0 Å². The van der Waals surface area contributed by atoms with Gasteiger partial charge < -0.3 is 0 Å². The van der Waals surface area contributed by atoms with Crippen molar-refractivity contribution < 1.29 is 0 Å². The molecule has 0 N–H and O–H groups in total. The summed E-state index contributed by atoms with van der Waals surface area (Å²) >= 11 is 0. The van der Waals surface area contributed by atoms with Crippen LogP contribution < -0.4 is 0 Å². The van der Waals surface area contributed by atoms with Gasteiger partial charge in [0.05, 0.1) is 0 Å². The zero-order valence-corrected chi connectivity index (χ0v) is 6.84. The summed E-state index contributed by atoms with van der Waals surface area (Å²) in [5, 5.41) is 0. The Hall–Kier alpha value is -0.330. The summed E-state index contributed by atoms with van der Waals surface area (Å²) in [6, 6.07) is 0.547. The molecule has 0 heterocycles. The van der Waals surface area contributed by atoms with Crippen molar-refractivity contribution in [2.45, 2.75) is 45.1 Å². The van der Waals surface area contributed by atoms with Crippen molar-refractivity contribution in [2.24, 2.45) is 10.9 Å². The minimum Gasteiger partial charge on any atom is -0.298 e. The first-order chi connectivity index (χ1) is 4.86. The summed E-state index contributed by atoms with van der Waals surface area (Å²) in [5.41, 5.74) is 0. The minimum absolute atomic E-state index is 0.547. The van der Waals surface area contributed by atoms with Crippen molar-refractivity contribution in [3.05, 3.63) is 0 Å². The maximum absolute atomic E-state index is 4.08. The first kappa shape index (κ1) is 7.77. The molecule has 1 rings (SSSR count). The van der Waals surface area contributed by atoms with Gasteiger partial charge in [0, 0.05) is 6.04 Å². The fourth-order valence-corrected chi connectivity index (χ4v) is 1.48. The van der Waals surface area contributed by atoms with Gasteiger partial charge in [-0.1, -0.05) is 26.2 Å². The molecule has 1 unspecified atom stereocenters. The molecule has 0 aromatic heterocycles. The summed E-state index contributed by atoms with van der Waals surface area (Å²) in [7, 11) is 0. The third-order valence-electron chi connectivity index (χ3n) is 2.56. The molecule has 1 aliphatic carbocycles. The van der Waals surface area contributed by atoms with Gasteiger partial charge in [-0.2, -0.15) is 0 Å². The molecule has 0 spiro atoms. The molecule has 1 atom stereocenters. The maximum Gasteiger partial charge on any atom is 0.0492 e. The van der Waals surface area contributed by atoms with Crippen LogP contribution >= 0.6 is 0 Å². The lowest BCUT2D eigenvalue weighted by Gasteiger charge is -2.27. The Balaban J connectivity index is 2.13. The third kappa shape index (κ3) is 1.83. The van der Waals surface area contributed by atoms with Crippen LogP contribution in [0.15, 0.2) is 4.99 Å². The summed E-state index contributed by atoms with van der Waals surface area (Å²) in [6.07, 6.45) is 6.77. The minimum atomic E-state index is 0.547. The average Bonchev–Trinajstić information content (AvgIpc) is 1.87. The van der Waals surface area contributed by atoms with Gasteiger partial charge in [0.2, 0.25) is 0 Å². The number of nitrogens with zero attached hydrogens (tertiary/aromatic N) is 1. The van der Waals surface area contributed by atoms with Crippen LogP contribution in [0.4, 0.5) is 0 Å². The first-order valence-corrected chi connectivity index (χ1v) is 4.32. The Bertz CT molecular complexity index is 105. The van der Waals surface area contributed by atoms with Gasteiger partial charge in [-0.25, -0.2) is 0 Å². The summed E-state index contributed by atoms with van der Waals surface area (Å²) in [6.45, 7) is 5.79. The van der Waals surface area contributed by atoms with E-state index >= 15 is 0 Å². The van der Waals surface area contributed by atoms with E-state index in [1.54, 1.807) is 0 Å². The Morgan fingerprint density at radius 1 is 1.60 bits per heavy atom. The van der Waals surface area contributed by atoms with Gasteiger partial charge in [0.15, 0.2) is 0 Å². The highest BCUT2D eigenvalue weighted by Gasteiger charge is 2.19. The van der Waals surface area contributed by atoms with Gasteiger partial charge in [-0.3, -0.25) is 4.99 Å². The molecule has 10 heavy (non-hydrogen) atoms. The highest BCUT2D eigenvalue weighted by molar-refractivity contribution is 5.24. The van der Waals surface area contributed by atoms with Crippen LogP contribution in [0.25, 0.3) is 0 Å². The monoisotopic (exact) mass is 139 g/mol. The van der Waals surface area contributed by atoms with E-state index in [0.717, 1.165) is 5.92 Å². The van der Waals surface area contributed by atoms with Crippen molar-refractivity contribution in [3.8, 4) is 0 Å². The molecule has 0 aliphatic heterocycles. The van der Waals surface area contributed by atoms with Crippen LogP contribution in [0, 0.1) is 5.92 Å². The SMILES string of the molecule is C=NC(CC)CC1CCC1. The fraction of sp³-hybridized carbons (Fsp3) is 0.889. The molecule has 1 nitrogen and oxygen atoms in total. The van der Waals surface area contributed by atoms with Crippen molar-refractivity contribution >= 4 is 6.72 Å². The summed E-state index contributed by atoms with van der Waals surface area (Å²) in [4.78, 5) is 4.08. The quantitative estimate of drug-likeness (QED) is 0.531. The second-order valence-corrected chi connectivity index (χ2v) is 3.28. The molecular formula is C9H17N. The van der Waals surface area contributed by atoms with Crippen molar-refractivity contribution in [1.29, 1.82) is 0 Å². The lowest BCUT2D eigenvalue weighted by Crippen LogP contribution is -2.17. The lowest BCUT2D eigenvalue weighted by molar-refractivity contribution is 0.275. The van der Waals surface area contributed by atoms with E-state index < -0.39 is 0 Å². The van der Waals surface area contributed by atoms with Gasteiger partial charge in [-0.05, 0) is 25.5 Å². The standard InChI is InChI=1S/C9H17N/c1-3-9(10-2)7-8-5-4-6-8/h8-9H,2-7H2,1H3. The van der Waals surface area contributed by atoms with Crippen LogP contribution in [0.3, 0.4) is 0 Å². The zero-order chi connectivity index (χ0) is 7.40. The van der Waals surface area contributed by atoms with E-state index in [2.05, 4.69) is 18.6 Å². The maximum atomic E-state index is 4.08. The number of rotatable bonds is 4. The second-order valence-electron chi connectivity index (χ2n) is 3.28. The van der Waals surface area contributed by atoms with E-state index in [1.807, 2.05) is 0 Å². The van der Waals surface area contributed by atoms with Crippen molar-refractivity contribution in [2.75, 3.05) is 0 Å². The van der Waals surface area contributed by atoms with Crippen molar-refractivity contribution in [3.63, 3.8) is 0 Å². The molecule has 58 valence electrons. The number of hydrogen-bond donors (Lipinski definition) is 0. The topological polar surface area (TPSA) is 12.4 Å². The smallest absolute Gasteiger partial charge is 0.0492 e. The Morgan fingerprint density at radius 2 is 2.30 bits per heavy atom.